The van der Waals surface area contributed by atoms with Crippen molar-refractivity contribution in [3.8, 4) is 0 Å². The minimum atomic E-state index is -0.0460. The summed E-state index contributed by atoms with van der Waals surface area (Å²) in [6.45, 7) is 2.69. The molecule has 0 saturated carbocycles. The van der Waals surface area contributed by atoms with Gasteiger partial charge < -0.3 is 5.11 Å². The zero-order valence-corrected chi connectivity index (χ0v) is 9.95. The van der Waals surface area contributed by atoms with Crippen LogP contribution in [-0.4, -0.2) is 35.0 Å². The molecule has 0 aromatic rings. The molecule has 2 amide bonds. The van der Waals surface area contributed by atoms with E-state index in [2.05, 4.69) is 6.92 Å². The Labute approximate surface area is 96.6 Å². The van der Waals surface area contributed by atoms with Crippen LogP contribution in [-0.2, 0) is 9.59 Å². The maximum atomic E-state index is 11.6. The molecule has 4 nitrogen and oxygen atoms in total. The van der Waals surface area contributed by atoms with Gasteiger partial charge in [-0.15, -0.1) is 0 Å². The summed E-state index contributed by atoms with van der Waals surface area (Å²) in [4.78, 5) is 24.6. The number of likely N-dealkylation sites (tertiary alicyclic amines) is 1. The molecule has 92 valence electrons. The number of aliphatic hydroxyl groups excluding tert-OH is 1. The maximum absolute atomic E-state index is 11.6. The predicted molar refractivity (Wildman–Crippen MR) is 60.7 cm³/mol. The molecule has 0 radical (unpaired) electrons. The molecule has 1 N–H and O–H groups in total. The number of nitrogens with zero attached hydrogens (tertiary/aromatic N) is 1. The molecule has 1 unspecified atom stereocenters. The van der Waals surface area contributed by atoms with Gasteiger partial charge in [0.15, 0.2) is 0 Å². The summed E-state index contributed by atoms with van der Waals surface area (Å²) in [5.74, 6) is 0.159. The Balaban J connectivity index is 2.53. The van der Waals surface area contributed by atoms with Gasteiger partial charge in [0.25, 0.3) is 0 Å². The van der Waals surface area contributed by atoms with E-state index in [4.69, 9.17) is 5.11 Å². The standard InChI is InChI=1S/C12H21NO3/c1-2-4-10(7-8-14)9-13-11(15)5-3-6-12(13)16/h10,14H,2-9H2,1H3. The van der Waals surface area contributed by atoms with E-state index in [9.17, 15) is 9.59 Å². The third-order valence-corrected chi connectivity index (χ3v) is 3.06. The van der Waals surface area contributed by atoms with Crippen LogP contribution in [0.5, 0.6) is 0 Å². The second-order valence-corrected chi connectivity index (χ2v) is 4.42. The van der Waals surface area contributed by atoms with Crippen LogP contribution >= 0.6 is 0 Å². The van der Waals surface area contributed by atoms with E-state index in [1.54, 1.807) is 0 Å². The number of hydrogen-bond acceptors (Lipinski definition) is 3. The summed E-state index contributed by atoms with van der Waals surface area (Å²) in [6, 6.07) is 0. The van der Waals surface area contributed by atoms with Crippen molar-refractivity contribution in [2.75, 3.05) is 13.2 Å². The van der Waals surface area contributed by atoms with Crippen molar-refractivity contribution in [1.82, 2.24) is 4.90 Å². The predicted octanol–water partition coefficient (Wildman–Crippen LogP) is 1.32. The minimum Gasteiger partial charge on any atom is -0.396 e. The van der Waals surface area contributed by atoms with Gasteiger partial charge in [-0.3, -0.25) is 14.5 Å². The summed E-state index contributed by atoms with van der Waals surface area (Å²) < 4.78 is 0. The number of hydrogen-bond donors (Lipinski definition) is 1. The topological polar surface area (TPSA) is 57.6 Å². The normalized spacial score (nSPS) is 19.0. The summed E-state index contributed by atoms with van der Waals surface area (Å²) in [7, 11) is 0. The third kappa shape index (κ3) is 3.59. The lowest BCUT2D eigenvalue weighted by molar-refractivity contribution is -0.148. The first-order valence-corrected chi connectivity index (χ1v) is 6.13. The summed E-state index contributed by atoms with van der Waals surface area (Å²) in [5, 5.41) is 8.94. The van der Waals surface area contributed by atoms with Gasteiger partial charge in [-0.05, 0) is 25.2 Å². The van der Waals surface area contributed by atoms with Crippen molar-refractivity contribution >= 4 is 11.8 Å². The van der Waals surface area contributed by atoms with Crippen molar-refractivity contribution in [3.63, 3.8) is 0 Å². The molecule has 1 atom stereocenters. The Kier molecular flexibility index (Phi) is 5.46. The van der Waals surface area contributed by atoms with Gasteiger partial charge in [0.1, 0.15) is 0 Å². The lowest BCUT2D eigenvalue weighted by atomic mass is 9.98. The van der Waals surface area contributed by atoms with E-state index in [1.807, 2.05) is 0 Å². The Morgan fingerprint density at radius 3 is 2.38 bits per heavy atom. The molecule has 1 saturated heterocycles. The fraction of sp³-hybridized carbons (Fsp3) is 0.833. The number of imide groups is 1. The van der Waals surface area contributed by atoms with Gasteiger partial charge in [0.2, 0.25) is 11.8 Å². The van der Waals surface area contributed by atoms with Crippen LogP contribution < -0.4 is 0 Å². The average molecular weight is 227 g/mol. The molecule has 0 bridgehead atoms. The van der Waals surface area contributed by atoms with Crippen LogP contribution in [0.4, 0.5) is 0 Å². The second-order valence-electron chi connectivity index (χ2n) is 4.42. The highest BCUT2D eigenvalue weighted by Gasteiger charge is 2.27. The highest BCUT2D eigenvalue weighted by molar-refractivity contribution is 5.97. The van der Waals surface area contributed by atoms with E-state index in [-0.39, 0.29) is 24.3 Å². The number of piperidine rings is 1. The second kappa shape index (κ2) is 6.63. The van der Waals surface area contributed by atoms with Gasteiger partial charge in [-0.2, -0.15) is 0 Å². The highest BCUT2D eigenvalue weighted by Crippen LogP contribution is 2.18. The molecule has 0 spiro atoms. The fourth-order valence-corrected chi connectivity index (χ4v) is 2.18. The molecule has 0 aromatic carbocycles. The average Bonchev–Trinajstić information content (AvgIpc) is 2.24. The summed E-state index contributed by atoms with van der Waals surface area (Å²) in [5.41, 5.74) is 0. The van der Waals surface area contributed by atoms with Crippen LogP contribution in [0, 0.1) is 5.92 Å². The zero-order chi connectivity index (χ0) is 12.0. The van der Waals surface area contributed by atoms with E-state index < -0.39 is 0 Å². The number of rotatable bonds is 6. The van der Waals surface area contributed by atoms with Gasteiger partial charge in [0.05, 0.1) is 0 Å². The van der Waals surface area contributed by atoms with E-state index in [1.165, 1.54) is 4.90 Å². The maximum Gasteiger partial charge on any atom is 0.229 e. The quantitative estimate of drug-likeness (QED) is 0.696. The first-order valence-electron chi connectivity index (χ1n) is 6.13. The highest BCUT2D eigenvalue weighted by atomic mass is 16.3. The van der Waals surface area contributed by atoms with Crippen molar-refractivity contribution in [3.05, 3.63) is 0 Å². The molecule has 0 aromatic heterocycles. The van der Waals surface area contributed by atoms with Crippen molar-refractivity contribution in [1.29, 1.82) is 0 Å². The van der Waals surface area contributed by atoms with Gasteiger partial charge >= 0.3 is 0 Å². The van der Waals surface area contributed by atoms with Gasteiger partial charge in [0, 0.05) is 26.0 Å². The fourth-order valence-electron chi connectivity index (χ4n) is 2.18. The van der Waals surface area contributed by atoms with Crippen molar-refractivity contribution in [2.24, 2.45) is 5.92 Å². The molecule has 1 fully saturated rings. The molecule has 1 aliphatic rings. The molecule has 1 heterocycles. The third-order valence-electron chi connectivity index (χ3n) is 3.06. The molecule has 4 heteroatoms. The van der Waals surface area contributed by atoms with Gasteiger partial charge in [-0.25, -0.2) is 0 Å². The Hall–Kier alpha value is -0.900. The first kappa shape index (κ1) is 13.2. The van der Waals surface area contributed by atoms with E-state index in [0.717, 1.165) is 12.8 Å². The lowest BCUT2D eigenvalue weighted by Crippen LogP contribution is -2.43. The number of carbonyl (C=O) groups is 2. The summed E-state index contributed by atoms with van der Waals surface area (Å²) >= 11 is 0. The largest absolute Gasteiger partial charge is 0.396 e. The smallest absolute Gasteiger partial charge is 0.229 e. The van der Waals surface area contributed by atoms with Crippen molar-refractivity contribution in [2.45, 2.75) is 45.4 Å². The van der Waals surface area contributed by atoms with E-state index in [0.29, 0.717) is 32.2 Å². The molecule has 0 aliphatic carbocycles. The number of carbonyl (C=O) groups excluding carboxylic acids is 2. The van der Waals surface area contributed by atoms with Crippen LogP contribution in [0.2, 0.25) is 0 Å². The Bertz CT molecular complexity index is 231. The minimum absolute atomic E-state index is 0.0460. The number of aliphatic hydroxyl groups is 1. The zero-order valence-electron chi connectivity index (χ0n) is 9.95. The molecule has 1 rings (SSSR count). The molecular weight excluding hydrogens is 206 g/mol. The molecule has 1 aliphatic heterocycles. The van der Waals surface area contributed by atoms with Crippen molar-refractivity contribution < 1.29 is 14.7 Å². The van der Waals surface area contributed by atoms with Crippen LogP contribution in [0.1, 0.15) is 45.4 Å². The molecular formula is C12H21NO3. The van der Waals surface area contributed by atoms with Crippen LogP contribution in [0.25, 0.3) is 0 Å². The molecule has 16 heavy (non-hydrogen) atoms. The van der Waals surface area contributed by atoms with E-state index >= 15 is 0 Å². The van der Waals surface area contributed by atoms with Crippen LogP contribution in [0.3, 0.4) is 0 Å². The van der Waals surface area contributed by atoms with Gasteiger partial charge in [-0.1, -0.05) is 13.3 Å². The Morgan fingerprint density at radius 2 is 1.88 bits per heavy atom. The lowest BCUT2D eigenvalue weighted by Gasteiger charge is -2.28. The SMILES string of the molecule is CCCC(CCO)CN1C(=O)CCCC1=O. The first-order chi connectivity index (χ1) is 7.69. The monoisotopic (exact) mass is 227 g/mol. The Morgan fingerprint density at radius 1 is 1.25 bits per heavy atom. The van der Waals surface area contributed by atoms with Crippen LogP contribution in [0.15, 0.2) is 0 Å². The number of amides is 2. The summed E-state index contributed by atoms with van der Waals surface area (Å²) in [6.07, 6.45) is 4.31.